The van der Waals surface area contributed by atoms with E-state index in [4.69, 9.17) is 4.42 Å². The molecular formula is C25H28N6O2. The van der Waals surface area contributed by atoms with Crippen molar-refractivity contribution in [2.24, 2.45) is 5.92 Å². The minimum atomic E-state index is 0.00994. The first kappa shape index (κ1) is 21.2. The molecule has 1 aliphatic heterocycles. The maximum atomic E-state index is 13.8. The molecule has 0 bridgehead atoms. The summed E-state index contributed by atoms with van der Waals surface area (Å²) in [6.45, 7) is 7.52. The van der Waals surface area contributed by atoms with Gasteiger partial charge in [0.2, 0.25) is 0 Å². The summed E-state index contributed by atoms with van der Waals surface area (Å²) in [7, 11) is 0. The zero-order valence-corrected chi connectivity index (χ0v) is 19.2. The summed E-state index contributed by atoms with van der Waals surface area (Å²) in [5, 5.41) is 7.59. The standard InChI is InChI=1S/C25H28N6O2/c1-16-6-8-21(31-15-26-14-28-31)19(11-16)24(32)30-10-4-5-18(3)22(30)13-27-25-29-20-12-17(2)7-9-23(20)33-25/h6-9,11-12,14-15,18,22H,4-5,10,13H2,1-3H3,(H,27,29)/t18-,22-/m1/s1. The lowest BCUT2D eigenvalue weighted by atomic mass is 9.90. The van der Waals surface area contributed by atoms with Gasteiger partial charge in [0.25, 0.3) is 11.9 Å². The van der Waals surface area contributed by atoms with E-state index < -0.39 is 0 Å². The number of carbonyl (C=O) groups is 1. The van der Waals surface area contributed by atoms with Crippen LogP contribution in [-0.4, -0.2) is 49.7 Å². The number of anilines is 1. The number of aryl methyl sites for hydroxylation is 2. The molecule has 1 N–H and O–H groups in total. The zero-order chi connectivity index (χ0) is 22.9. The molecule has 170 valence electrons. The van der Waals surface area contributed by atoms with Crippen molar-refractivity contribution in [2.75, 3.05) is 18.4 Å². The van der Waals surface area contributed by atoms with Crippen molar-refractivity contribution in [1.82, 2.24) is 24.6 Å². The van der Waals surface area contributed by atoms with Crippen molar-refractivity contribution in [3.8, 4) is 5.69 Å². The maximum absolute atomic E-state index is 13.8. The lowest BCUT2D eigenvalue weighted by Gasteiger charge is -2.40. The van der Waals surface area contributed by atoms with E-state index in [1.807, 2.05) is 55.1 Å². The number of oxazole rings is 1. The Morgan fingerprint density at radius 3 is 2.82 bits per heavy atom. The molecule has 0 saturated carbocycles. The third-order valence-electron chi connectivity index (χ3n) is 6.43. The summed E-state index contributed by atoms with van der Waals surface area (Å²) in [5.74, 6) is 0.359. The van der Waals surface area contributed by atoms with Gasteiger partial charge >= 0.3 is 0 Å². The molecule has 0 spiro atoms. The van der Waals surface area contributed by atoms with Crippen LogP contribution in [0.15, 0.2) is 53.5 Å². The number of piperidine rings is 1. The first-order chi connectivity index (χ1) is 16.0. The molecule has 2 aromatic carbocycles. The summed E-state index contributed by atoms with van der Waals surface area (Å²) in [5.41, 5.74) is 5.13. The Hall–Kier alpha value is -3.68. The van der Waals surface area contributed by atoms with E-state index in [0.717, 1.165) is 40.8 Å². The van der Waals surface area contributed by atoms with Crippen LogP contribution in [0, 0.1) is 19.8 Å². The van der Waals surface area contributed by atoms with Gasteiger partial charge in [-0.1, -0.05) is 24.6 Å². The highest BCUT2D eigenvalue weighted by Gasteiger charge is 2.33. The molecule has 8 nitrogen and oxygen atoms in total. The van der Waals surface area contributed by atoms with E-state index in [9.17, 15) is 4.79 Å². The van der Waals surface area contributed by atoms with E-state index in [2.05, 4.69) is 27.3 Å². The van der Waals surface area contributed by atoms with Crippen molar-refractivity contribution < 1.29 is 9.21 Å². The highest BCUT2D eigenvalue weighted by Crippen LogP contribution is 2.28. The summed E-state index contributed by atoms with van der Waals surface area (Å²) in [6, 6.07) is 12.3. The topological polar surface area (TPSA) is 89.1 Å². The molecule has 2 atom stereocenters. The third-order valence-corrected chi connectivity index (χ3v) is 6.43. The third kappa shape index (κ3) is 4.20. The predicted molar refractivity (Wildman–Crippen MR) is 127 cm³/mol. The molecule has 0 aliphatic carbocycles. The summed E-state index contributed by atoms with van der Waals surface area (Å²) < 4.78 is 7.52. The highest BCUT2D eigenvalue weighted by molar-refractivity contribution is 5.98. The number of rotatable bonds is 5. The van der Waals surface area contributed by atoms with Gasteiger partial charge in [-0.05, 0) is 62.4 Å². The molecule has 33 heavy (non-hydrogen) atoms. The van der Waals surface area contributed by atoms with E-state index in [0.29, 0.717) is 30.6 Å². The molecule has 4 aromatic rings. The molecule has 5 rings (SSSR count). The Bertz CT molecular complexity index is 1280. The van der Waals surface area contributed by atoms with Gasteiger partial charge in [0.15, 0.2) is 5.58 Å². The number of hydrogen-bond acceptors (Lipinski definition) is 6. The van der Waals surface area contributed by atoms with Gasteiger partial charge in [0, 0.05) is 13.1 Å². The van der Waals surface area contributed by atoms with E-state index in [-0.39, 0.29) is 11.9 Å². The second-order valence-electron chi connectivity index (χ2n) is 8.92. The van der Waals surface area contributed by atoms with Crippen LogP contribution in [0.25, 0.3) is 16.8 Å². The van der Waals surface area contributed by atoms with E-state index >= 15 is 0 Å². The second-order valence-corrected chi connectivity index (χ2v) is 8.92. The lowest BCUT2D eigenvalue weighted by molar-refractivity contribution is 0.0539. The van der Waals surface area contributed by atoms with Gasteiger partial charge in [-0.15, -0.1) is 0 Å². The Balaban J connectivity index is 1.40. The summed E-state index contributed by atoms with van der Waals surface area (Å²) in [6.07, 6.45) is 5.16. The molecule has 1 aliphatic rings. The van der Waals surface area contributed by atoms with Crippen molar-refractivity contribution in [3.63, 3.8) is 0 Å². The highest BCUT2D eigenvalue weighted by atomic mass is 16.4. The monoisotopic (exact) mass is 444 g/mol. The molecule has 8 heteroatoms. The number of aromatic nitrogens is 4. The molecular weight excluding hydrogens is 416 g/mol. The summed E-state index contributed by atoms with van der Waals surface area (Å²) >= 11 is 0. The van der Waals surface area contributed by atoms with Gasteiger partial charge in [0.1, 0.15) is 18.2 Å². The fourth-order valence-electron chi connectivity index (χ4n) is 4.63. The van der Waals surface area contributed by atoms with Crippen molar-refractivity contribution in [2.45, 2.75) is 39.7 Å². The number of hydrogen-bond donors (Lipinski definition) is 1. The normalized spacial score (nSPS) is 18.6. The number of fused-ring (bicyclic) bond motifs is 1. The smallest absolute Gasteiger partial charge is 0.295 e. The Morgan fingerprint density at radius 1 is 1.18 bits per heavy atom. The van der Waals surface area contributed by atoms with Crippen LogP contribution in [0.2, 0.25) is 0 Å². The average molecular weight is 445 g/mol. The fraction of sp³-hybridized carbons (Fsp3) is 0.360. The van der Waals surface area contributed by atoms with Gasteiger partial charge in [0.05, 0.1) is 17.3 Å². The molecule has 1 amide bonds. The minimum Gasteiger partial charge on any atom is -0.424 e. The predicted octanol–water partition coefficient (Wildman–Crippen LogP) is 4.38. The van der Waals surface area contributed by atoms with Crippen molar-refractivity contribution >= 4 is 23.0 Å². The quantitative estimate of drug-likeness (QED) is 0.491. The van der Waals surface area contributed by atoms with Crippen molar-refractivity contribution in [3.05, 3.63) is 65.7 Å². The Morgan fingerprint density at radius 2 is 2.00 bits per heavy atom. The number of likely N-dealkylation sites (tertiary alicyclic amines) is 1. The first-order valence-electron chi connectivity index (χ1n) is 11.4. The van der Waals surface area contributed by atoms with Crippen LogP contribution in [0.5, 0.6) is 0 Å². The van der Waals surface area contributed by atoms with Crippen LogP contribution in [0.4, 0.5) is 6.01 Å². The van der Waals surface area contributed by atoms with Crippen LogP contribution in [0.3, 0.4) is 0 Å². The van der Waals surface area contributed by atoms with Crippen LogP contribution in [-0.2, 0) is 0 Å². The number of amides is 1. The largest absolute Gasteiger partial charge is 0.424 e. The van der Waals surface area contributed by atoms with Crippen LogP contribution < -0.4 is 5.32 Å². The summed E-state index contributed by atoms with van der Waals surface area (Å²) in [4.78, 5) is 24.4. The molecule has 1 saturated heterocycles. The minimum absolute atomic E-state index is 0.00994. The zero-order valence-electron chi connectivity index (χ0n) is 19.2. The molecule has 3 heterocycles. The van der Waals surface area contributed by atoms with Gasteiger partial charge in [-0.3, -0.25) is 4.79 Å². The average Bonchev–Trinajstić information content (AvgIpc) is 3.47. The number of benzene rings is 2. The maximum Gasteiger partial charge on any atom is 0.295 e. The van der Waals surface area contributed by atoms with Gasteiger partial charge in [-0.25, -0.2) is 9.67 Å². The Kier molecular flexibility index (Phi) is 5.58. The van der Waals surface area contributed by atoms with Crippen LogP contribution in [0.1, 0.15) is 41.3 Å². The van der Waals surface area contributed by atoms with Gasteiger partial charge in [-0.2, -0.15) is 10.1 Å². The van der Waals surface area contributed by atoms with Gasteiger partial charge < -0.3 is 14.6 Å². The van der Waals surface area contributed by atoms with E-state index in [1.165, 1.54) is 6.33 Å². The Labute approximate surface area is 192 Å². The molecule has 2 aromatic heterocycles. The lowest BCUT2D eigenvalue weighted by Crippen LogP contribution is -2.51. The SMILES string of the molecule is Cc1ccc(-n2cncn2)c(C(=O)N2CCC[C@@H](C)[C@H]2CNc2nc3cc(C)ccc3o2)c1. The second kappa shape index (κ2) is 8.69. The van der Waals surface area contributed by atoms with Crippen LogP contribution >= 0.6 is 0 Å². The molecule has 1 fully saturated rings. The first-order valence-corrected chi connectivity index (χ1v) is 11.4. The van der Waals surface area contributed by atoms with Crippen molar-refractivity contribution in [1.29, 1.82) is 0 Å². The molecule has 0 radical (unpaired) electrons. The van der Waals surface area contributed by atoms with E-state index in [1.54, 1.807) is 11.0 Å². The number of nitrogens with zero attached hydrogens (tertiary/aromatic N) is 5. The number of nitrogens with one attached hydrogen (secondary N) is 1. The molecule has 0 unspecified atom stereocenters. The number of carbonyl (C=O) groups excluding carboxylic acids is 1. The fourth-order valence-corrected chi connectivity index (χ4v) is 4.63.